The van der Waals surface area contributed by atoms with Crippen LogP contribution in [0, 0.1) is 17.6 Å². The first kappa shape index (κ1) is 35.4. The maximum absolute atomic E-state index is 15.4. The van der Waals surface area contributed by atoms with Gasteiger partial charge >= 0.3 is 6.09 Å². The molecule has 6 rings (SSSR count). The zero-order chi connectivity index (χ0) is 36.1. The molecule has 268 valence electrons. The topological polar surface area (TPSA) is 130 Å². The highest BCUT2D eigenvalue weighted by Crippen LogP contribution is 2.47. The molecule has 0 saturated carbocycles. The molecule has 2 atom stereocenters. The van der Waals surface area contributed by atoms with E-state index >= 15 is 4.39 Å². The molecule has 11 nitrogen and oxygen atoms in total. The summed E-state index contributed by atoms with van der Waals surface area (Å²) in [7, 11) is -1.90. The molecule has 0 spiro atoms. The number of likely N-dealkylation sites (tertiary alicyclic amines) is 1. The smallest absolute Gasteiger partial charge is 0.410 e. The molecule has 0 bridgehead atoms. The summed E-state index contributed by atoms with van der Waals surface area (Å²) in [5.41, 5.74) is 2.27. The molecule has 2 unspecified atom stereocenters. The number of anilines is 1. The van der Waals surface area contributed by atoms with Gasteiger partial charge in [0, 0.05) is 75.4 Å². The predicted octanol–water partition coefficient (Wildman–Crippen LogP) is 4.10. The Balaban J connectivity index is 1.28. The van der Waals surface area contributed by atoms with Crippen LogP contribution in [0.1, 0.15) is 57.6 Å². The lowest BCUT2D eigenvalue weighted by Gasteiger charge is -2.39. The summed E-state index contributed by atoms with van der Waals surface area (Å²) in [5, 5.41) is 6.53. The van der Waals surface area contributed by atoms with E-state index in [0.29, 0.717) is 72.4 Å². The van der Waals surface area contributed by atoms with Crippen LogP contribution < -0.4 is 21.1 Å². The van der Waals surface area contributed by atoms with Crippen LogP contribution in [0.4, 0.5) is 19.3 Å². The highest BCUT2D eigenvalue weighted by molar-refractivity contribution is 7.91. The van der Waals surface area contributed by atoms with E-state index in [2.05, 4.69) is 10.6 Å². The molecule has 2 amide bonds. The maximum atomic E-state index is 15.4. The number of aryl methyl sites for hydroxylation is 1. The number of allylic oxidation sites excluding steroid dienone is 1. The van der Waals surface area contributed by atoms with E-state index in [9.17, 15) is 27.2 Å². The van der Waals surface area contributed by atoms with Gasteiger partial charge in [-0.05, 0) is 81.0 Å². The van der Waals surface area contributed by atoms with E-state index in [0.717, 1.165) is 12.3 Å². The molecule has 4 aliphatic rings. The van der Waals surface area contributed by atoms with Crippen LogP contribution in [-0.4, -0.2) is 79.2 Å². The number of aromatic nitrogens is 1. The molecule has 2 aromatic rings. The SMILES string of the molecule is Cn1ccc2c(c1=O)C1=C3C(=CN(c4ccc(F)cc4F)C3C(CCC(=O)NC3CCN(C(=O)OC(C)(C)C)CC3)CN1)C=C2CS(C)(=O)=O. The predicted molar refractivity (Wildman–Crippen MR) is 187 cm³/mol. The van der Waals surface area contributed by atoms with Gasteiger partial charge in [-0.25, -0.2) is 22.0 Å². The van der Waals surface area contributed by atoms with Gasteiger partial charge in [-0.1, -0.05) is 0 Å². The monoisotopic (exact) mass is 711 g/mol. The highest BCUT2D eigenvalue weighted by atomic mass is 32.2. The molecule has 1 fully saturated rings. The second-order valence-corrected chi connectivity index (χ2v) is 16.7. The van der Waals surface area contributed by atoms with E-state index in [4.69, 9.17) is 4.74 Å². The van der Waals surface area contributed by atoms with E-state index in [-0.39, 0.29) is 47.4 Å². The minimum Gasteiger partial charge on any atom is -0.444 e. The summed E-state index contributed by atoms with van der Waals surface area (Å²) < 4.78 is 61.5. The van der Waals surface area contributed by atoms with Gasteiger partial charge in [0.25, 0.3) is 5.56 Å². The summed E-state index contributed by atoms with van der Waals surface area (Å²) >= 11 is 0. The minimum atomic E-state index is -3.52. The zero-order valence-electron chi connectivity index (χ0n) is 28.9. The molecule has 3 aliphatic heterocycles. The molecule has 14 heteroatoms. The van der Waals surface area contributed by atoms with Crippen molar-refractivity contribution in [2.75, 3.05) is 36.5 Å². The van der Waals surface area contributed by atoms with Crippen molar-refractivity contribution in [1.29, 1.82) is 0 Å². The van der Waals surface area contributed by atoms with Crippen molar-refractivity contribution < 1.29 is 31.5 Å². The highest BCUT2D eigenvalue weighted by Gasteiger charge is 2.44. The van der Waals surface area contributed by atoms with E-state index < -0.39 is 33.1 Å². The summed E-state index contributed by atoms with van der Waals surface area (Å²) in [6, 6.07) is 4.43. The fraction of sp³-hybridized carbons (Fsp3) is 0.472. The second-order valence-electron chi connectivity index (χ2n) is 14.6. The number of ether oxygens (including phenoxy) is 1. The fourth-order valence-corrected chi connectivity index (χ4v) is 8.07. The number of carbonyl (C=O) groups excluding carboxylic acids is 2. The summed E-state index contributed by atoms with van der Waals surface area (Å²) in [6.07, 6.45) is 7.56. The first-order valence-corrected chi connectivity index (χ1v) is 18.8. The van der Waals surface area contributed by atoms with Gasteiger partial charge in [0.05, 0.1) is 28.7 Å². The van der Waals surface area contributed by atoms with Gasteiger partial charge in [-0.3, -0.25) is 9.59 Å². The molecule has 2 N–H and O–H groups in total. The standard InChI is InChI=1S/C36H43F2N5O6S/c1-36(2,3)49-35(46)42-14-10-25(11-15-42)40-29(44)9-6-21-18-39-32-30-22(19-43(33(21)30)28-8-7-24(37)17-27(28)38)16-23(20-50(5,47)48)26-12-13-41(4)34(45)31(26)32/h7-8,12-13,16-17,19,21,25,33,39H,6,9-11,14-15,18,20H2,1-5H3,(H,40,44). The Morgan fingerprint density at radius 3 is 2.50 bits per heavy atom. The Morgan fingerprint density at radius 2 is 1.84 bits per heavy atom. The molecule has 1 saturated heterocycles. The van der Waals surface area contributed by atoms with Crippen LogP contribution in [0.3, 0.4) is 0 Å². The summed E-state index contributed by atoms with van der Waals surface area (Å²) in [6.45, 7) is 6.72. The average molecular weight is 712 g/mol. The lowest BCUT2D eigenvalue weighted by Crippen LogP contribution is -2.48. The summed E-state index contributed by atoms with van der Waals surface area (Å²) in [4.78, 5) is 42.8. The van der Waals surface area contributed by atoms with Crippen LogP contribution in [0.2, 0.25) is 0 Å². The fourth-order valence-electron chi connectivity index (χ4n) is 7.27. The van der Waals surface area contributed by atoms with E-state index in [1.807, 2.05) is 20.8 Å². The van der Waals surface area contributed by atoms with Gasteiger partial charge in [0.1, 0.15) is 17.2 Å². The number of nitrogens with zero attached hydrogens (tertiary/aromatic N) is 3. The van der Waals surface area contributed by atoms with Gasteiger partial charge in [0.15, 0.2) is 9.84 Å². The third-order valence-corrected chi connectivity index (χ3v) is 10.3. The second kappa shape index (κ2) is 13.3. The van der Waals surface area contributed by atoms with Crippen molar-refractivity contribution in [2.24, 2.45) is 13.0 Å². The number of benzene rings is 1. The van der Waals surface area contributed by atoms with Gasteiger partial charge in [-0.15, -0.1) is 0 Å². The third kappa shape index (κ3) is 7.35. The number of halogens is 2. The number of amides is 2. The number of pyridine rings is 1. The normalized spacial score (nSPS) is 20.7. The van der Waals surface area contributed by atoms with Gasteiger partial charge in [0.2, 0.25) is 5.91 Å². The van der Waals surface area contributed by atoms with Crippen molar-refractivity contribution in [2.45, 2.75) is 64.1 Å². The molecule has 1 aliphatic carbocycles. The quantitative estimate of drug-likeness (QED) is 0.440. The van der Waals surface area contributed by atoms with Crippen LogP contribution in [0.5, 0.6) is 0 Å². The maximum Gasteiger partial charge on any atom is 0.410 e. The van der Waals surface area contributed by atoms with Crippen molar-refractivity contribution >= 4 is 38.8 Å². The van der Waals surface area contributed by atoms with E-state index in [1.165, 1.54) is 16.7 Å². The first-order chi connectivity index (χ1) is 23.5. The van der Waals surface area contributed by atoms with E-state index in [1.54, 1.807) is 41.4 Å². The molecule has 0 radical (unpaired) electrons. The Kier molecular flexibility index (Phi) is 9.44. The Morgan fingerprint density at radius 1 is 1.12 bits per heavy atom. The van der Waals surface area contributed by atoms with Crippen LogP contribution in [-0.2, 0) is 26.4 Å². The molecule has 1 aromatic heterocycles. The Labute approximate surface area is 290 Å². The number of fused-ring (bicyclic) bond motifs is 2. The number of hydrogen-bond acceptors (Lipinski definition) is 8. The number of hydrogen-bond donors (Lipinski definition) is 2. The zero-order valence-corrected chi connectivity index (χ0v) is 29.7. The molecule has 1 aromatic carbocycles. The number of sulfone groups is 1. The summed E-state index contributed by atoms with van der Waals surface area (Å²) in [5.74, 6) is -2.23. The van der Waals surface area contributed by atoms with Crippen molar-refractivity contribution in [3.8, 4) is 0 Å². The molecule has 4 heterocycles. The van der Waals surface area contributed by atoms with Gasteiger partial charge < -0.3 is 29.7 Å². The van der Waals surface area contributed by atoms with Crippen molar-refractivity contribution in [1.82, 2.24) is 20.1 Å². The lowest BCUT2D eigenvalue weighted by atomic mass is 9.82. The van der Waals surface area contributed by atoms with Crippen molar-refractivity contribution in [3.05, 3.63) is 87.0 Å². The molecular weight excluding hydrogens is 668 g/mol. The molecular formula is C36H43F2N5O6S. The Hall–Kier alpha value is -4.46. The number of rotatable bonds is 7. The minimum absolute atomic E-state index is 0.0995. The van der Waals surface area contributed by atoms with Crippen molar-refractivity contribution in [3.63, 3.8) is 0 Å². The molecule has 50 heavy (non-hydrogen) atoms. The van der Waals surface area contributed by atoms with Crippen LogP contribution in [0.25, 0.3) is 11.3 Å². The van der Waals surface area contributed by atoms with Crippen LogP contribution in [0.15, 0.2) is 58.7 Å². The van der Waals surface area contributed by atoms with Gasteiger partial charge in [-0.2, -0.15) is 0 Å². The number of nitrogens with one attached hydrogen (secondary N) is 2. The third-order valence-electron chi connectivity index (χ3n) is 9.50. The number of piperidine rings is 1. The average Bonchev–Trinajstić information content (AvgIpc) is 3.33. The Bertz CT molecular complexity index is 1990. The first-order valence-electron chi connectivity index (χ1n) is 16.8. The largest absolute Gasteiger partial charge is 0.444 e. The van der Waals surface area contributed by atoms with Crippen LogP contribution >= 0.6 is 0 Å². The lowest BCUT2D eigenvalue weighted by molar-refractivity contribution is -0.122. The number of carbonyl (C=O) groups is 2.